The van der Waals surface area contributed by atoms with Gasteiger partial charge < -0.3 is 9.47 Å². The van der Waals surface area contributed by atoms with Crippen LogP contribution in [-0.4, -0.2) is 44.3 Å². The molecule has 2 rings (SSSR count). The number of rotatable bonds is 9. The fourth-order valence-electron chi connectivity index (χ4n) is 1.97. The van der Waals surface area contributed by atoms with E-state index in [1.54, 1.807) is 12.3 Å². The minimum atomic E-state index is -3.93. The van der Waals surface area contributed by atoms with E-state index in [9.17, 15) is 22.8 Å². The number of ketones is 1. The van der Waals surface area contributed by atoms with Gasteiger partial charge in [0.1, 0.15) is 13.2 Å². The van der Waals surface area contributed by atoms with Crippen LogP contribution in [0.25, 0.3) is 0 Å². The van der Waals surface area contributed by atoms with E-state index >= 15 is 0 Å². The molecule has 1 heterocycles. The lowest BCUT2D eigenvalue weighted by atomic mass is 10.2. The molecule has 0 bridgehead atoms. The number of aromatic nitrogens is 1. The Labute approximate surface area is 165 Å². The Bertz CT molecular complexity index is 966. The van der Waals surface area contributed by atoms with E-state index in [1.165, 1.54) is 31.2 Å². The third-order valence-corrected chi connectivity index (χ3v) is 5.65. The highest BCUT2D eigenvalue weighted by Crippen LogP contribution is 2.13. The van der Waals surface area contributed by atoms with Crippen LogP contribution in [0.15, 0.2) is 34.5 Å². The average molecular weight is 426 g/mol. The molecule has 0 spiro atoms. The number of thiazole rings is 1. The second-order valence-corrected chi connectivity index (χ2v) is 8.06. The molecule has 0 atom stereocenters. The molecule has 28 heavy (non-hydrogen) atoms. The summed E-state index contributed by atoms with van der Waals surface area (Å²) in [5, 5.41) is 1.68. The highest BCUT2D eigenvalue weighted by molar-refractivity contribution is 7.89. The predicted octanol–water partition coefficient (Wildman–Crippen LogP) is 1.54. The van der Waals surface area contributed by atoms with Gasteiger partial charge in [-0.2, -0.15) is 4.72 Å². The molecule has 11 heteroatoms. The smallest absolute Gasteiger partial charge is 0.367 e. The third kappa shape index (κ3) is 5.94. The van der Waals surface area contributed by atoms with Crippen LogP contribution in [0, 0.1) is 0 Å². The zero-order chi connectivity index (χ0) is 20.7. The second-order valence-electron chi connectivity index (χ2n) is 5.43. The fourth-order valence-corrected chi connectivity index (χ4v) is 3.63. The standard InChI is InChI=1S/C17H18N2O7S2/c1-3-25-17(22)16-19-13(10-27-16)9-26-15(21)8-18-28(23,24)14-6-4-12(5-7-14)11(2)20/h4-7,10,18H,3,8-9H2,1-2H3. The maximum atomic E-state index is 12.2. The Hall–Kier alpha value is -2.63. The van der Waals surface area contributed by atoms with Crippen molar-refractivity contribution in [2.75, 3.05) is 13.2 Å². The van der Waals surface area contributed by atoms with Crippen LogP contribution in [0.2, 0.25) is 0 Å². The van der Waals surface area contributed by atoms with Gasteiger partial charge in [0.15, 0.2) is 5.78 Å². The van der Waals surface area contributed by atoms with E-state index < -0.39 is 28.5 Å². The van der Waals surface area contributed by atoms with E-state index in [1.807, 2.05) is 0 Å². The van der Waals surface area contributed by atoms with Gasteiger partial charge in [0.2, 0.25) is 15.0 Å². The van der Waals surface area contributed by atoms with Crippen LogP contribution in [0.3, 0.4) is 0 Å². The lowest BCUT2D eigenvalue weighted by molar-refractivity contribution is -0.143. The van der Waals surface area contributed by atoms with E-state index in [2.05, 4.69) is 9.71 Å². The van der Waals surface area contributed by atoms with Gasteiger partial charge in [0.05, 0.1) is 17.2 Å². The highest BCUT2D eigenvalue weighted by Gasteiger charge is 2.17. The number of Topliss-reactive ketones (excluding diaryl/α,β-unsaturated/α-hetero) is 1. The molecule has 1 N–H and O–H groups in total. The van der Waals surface area contributed by atoms with Crippen molar-refractivity contribution in [3.63, 3.8) is 0 Å². The molecule has 150 valence electrons. The van der Waals surface area contributed by atoms with Crippen molar-refractivity contribution in [1.82, 2.24) is 9.71 Å². The van der Waals surface area contributed by atoms with Crippen molar-refractivity contribution in [3.8, 4) is 0 Å². The molecular formula is C17H18N2O7S2. The van der Waals surface area contributed by atoms with Gasteiger partial charge >= 0.3 is 11.9 Å². The first-order chi connectivity index (χ1) is 13.2. The molecule has 0 amide bonds. The average Bonchev–Trinajstić information content (AvgIpc) is 3.14. The lowest BCUT2D eigenvalue weighted by Gasteiger charge is -2.07. The number of nitrogens with zero attached hydrogens (tertiary/aromatic N) is 1. The topological polar surface area (TPSA) is 129 Å². The van der Waals surface area contributed by atoms with Crippen molar-refractivity contribution in [2.45, 2.75) is 25.3 Å². The highest BCUT2D eigenvalue weighted by atomic mass is 32.2. The summed E-state index contributed by atoms with van der Waals surface area (Å²) in [4.78, 5) is 38.4. The Kier molecular flexibility index (Phi) is 7.38. The van der Waals surface area contributed by atoms with Gasteiger partial charge in [-0.05, 0) is 26.0 Å². The fraction of sp³-hybridized carbons (Fsp3) is 0.294. The minimum absolute atomic E-state index is 0.0797. The van der Waals surface area contributed by atoms with Gasteiger partial charge in [-0.3, -0.25) is 9.59 Å². The number of esters is 2. The molecule has 0 saturated heterocycles. The van der Waals surface area contributed by atoms with E-state index in [0.717, 1.165) is 11.3 Å². The van der Waals surface area contributed by atoms with Gasteiger partial charge in [-0.25, -0.2) is 18.2 Å². The van der Waals surface area contributed by atoms with E-state index in [4.69, 9.17) is 9.47 Å². The molecule has 0 aliphatic carbocycles. The third-order valence-electron chi connectivity index (χ3n) is 3.36. The molecule has 1 aromatic carbocycles. The summed E-state index contributed by atoms with van der Waals surface area (Å²) in [5.41, 5.74) is 0.730. The van der Waals surface area contributed by atoms with Crippen LogP contribution in [0.5, 0.6) is 0 Å². The van der Waals surface area contributed by atoms with Crippen molar-refractivity contribution < 1.29 is 32.3 Å². The van der Waals surface area contributed by atoms with Crippen LogP contribution in [0.1, 0.15) is 39.7 Å². The molecular weight excluding hydrogens is 408 g/mol. The maximum absolute atomic E-state index is 12.2. The molecule has 0 aliphatic heterocycles. The minimum Gasteiger partial charge on any atom is -0.461 e. The van der Waals surface area contributed by atoms with Gasteiger partial charge in [-0.15, -0.1) is 11.3 Å². The molecule has 2 aromatic rings. The van der Waals surface area contributed by atoms with Crippen molar-refractivity contribution >= 4 is 39.1 Å². The lowest BCUT2D eigenvalue weighted by Crippen LogP contribution is -2.30. The molecule has 9 nitrogen and oxygen atoms in total. The molecule has 0 aliphatic rings. The zero-order valence-corrected chi connectivity index (χ0v) is 16.8. The molecule has 0 saturated carbocycles. The van der Waals surface area contributed by atoms with Crippen molar-refractivity contribution in [1.29, 1.82) is 0 Å². The van der Waals surface area contributed by atoms with Crippen LogP contribution >= 0.6 is 11.3 Å². The summed E-state index contributed by atoms with van der Waals surface area (Å²) in [6.07, 6.45) is 0. The summed E-state index contributed by atoms with van der Waals surface area (Å²) in [7, 11) is -3.93. The normalized spacial score (nSPS) is 11.1. The molecule has 0 radical (unpaired) electrons. The molecule has 0 fully saturated rings. The Balaban J connectivity index is 1.86. The number of sulfonamides is 1. The first kappa shape index (κ1) is 21.7. The number of carbonyl (C=O) groups excluding carboxylic acids is 3. The molecule has 0 unspecified atom stereocenters. The number of ether oxygens (including phenoxy) is 2. The van der Waals surface area contributed by atoms with Crippen molar-refractivity contribution in [2.24, 2.45) is 0 Å². The Morgan fingerprint density at radius 2 is 1.82 bits per heavy atom. The number of hydrogen-bond acceptors (Lipinski definition) is 9. The summed E-state index contributed by atoms with van der Waals surface area (Å²) in [6, 6.07) is 5.32. The first-order valence-corrected chi connectivity index (χ1v) is 10.5. The van der Waals surface area contributed by atoms with Gasteiger partial charge in [-0.1, -0.05) is 12.1 Å². The number of hydrogen-bond donors (Lipinski definition) is 1. The summed E-state index contributed by atoms with van der Waals surface area (Å²) < 4.78 is 36.2. The van der Waals surface area contributed by atoms with E-state index in [0.29, 0.717) is 11.3 Å². The predicted molar refractivity (Wildman–Crippen MR) is 99.5 cm³/mol. The van der Waals surface area contributed by atoms with Gasteiger partial charge in [0, 0.05) is 10.9 Å². The van der Waals surface area contributed by atoms with Crippen LogP contribution in [-0.2, 0) is 30.9 Å². The summed E-state index contributed by atoms with van der Waals surface area (Å²) >= 11 is 1.05. The Morgan fingerprint density at radius 3 is 2.43 bits per heavy atom. The monoisotopic (exact) mass is 426 g/mol. The largest absolute Gasteiger partial charge is 0.461 e. The van der Waals surface area contributed by atoms with Crippen molar-refractivity contribution in [3.05, 3.63) is 45.9 Å². The maximum Gasteiger partial charge on any atom is 0.367 e. The van der Waals surface area contributed by atoms with Crippen LogP contribution < -0.4 is 4.72 Å². The van der Waals surface area contributed by atoms with Gasteiger partial charge in [0.25, 0.3) is 0 Å². The quantitative estimate of drug-likeness (QED) is 0.472. The number of carbonyl (C=O) groups is 3. The van der Waals surface area contributed by atoms with E-state index in [-0.39, 0.29) is 28.9 Å². The first-order valence-electron chi connectivity index (χ1n) is 8.10. The summed E-state index contributed by atoms with van der Waals surface area (Å²) in [5.74, 6) is -1.56. The number of benzene rings is 1. The summed E-state index contributed by atoms with van der Waals surface area (Å²) in [6.45, 7) is 2.48. The number of nitrogens with one attached hydrogen (secondary N) is 1. The zero-order valence-electron chi connectivity index (χ0n) is 15.1. The molecule has 1 aromatic heterocycles. The second kappa shape index (κ2) is 9.53. The van der Waals surface area contributed by atoms with Crippen LogP contribution in [0.4, 0.5) is 0 Å². The Morgan fingerprint density at radius 1 is 1.14 bits per heavy atom. The SMILES string of the molecule is CCOC(=O)c1nc(COC(=O)CNS(=O)(=O)c2ccc(C(C)=O)cc2)cs1.